The van der Waals surface area contributed by atoms with Gasteiger partial charge in [0.2, 0.25) is 0 Å². The summed E-state index contributed by atoms with van der Waals surface area (Å²) in [7, 11) is 2.08. The molecule has 0 aromatic rings. The van der Waals surface area contributed by atoms with Gasteiger partial charge in [0, 0.05) is 19.6 Å². The van der Waals surface area contributed by atoms with E-state index in [1.165, 1.54) is 44.9 Å². The highest BCUT2D eigenvalue weighted by molar-refractivity contribution is 5.78. The molecule has 2 N–H and O–H groups in total. The van der Waals surface area contributed by atoms with Crippen LogP contribution in [0.15, 0.2) is 4.99 Å². The van der Waals surface area contributed by atoms with Gasteiger partial charge in [-0.2, -0.15) is 0 Å². The normalized spacial score (nSPS) is 36.5. The molecule has 3 aliphatic rings. The molecule has 2 bridgehead atoms. The average molecular weight is 235 g/mol. The monoisotopic (exact) mass is 235 g/mol. The van der Waals surface area contributed by atoms with Crippen molar-refractivity contribution in [2.24, 2.45) is 28.5 Å². The number of aliphatic imine (C=N–C) groups is 1. The molecule has 0 amide bonds. The Hall–Kier alpha value is -0.730. The molecule has 3 unspecified atom stereocenters. The standard InChI is InChI=1S/C14H25N3/c1-17(13-4-5-13)14(15)16-7-6-12-9-10-2-3-11(12)8-10/h10-13H,2-9H2,1H3,(H2,15,16). The Kier molecular flexibility index (Phi) is 3.01. The van der Waals surface area contributed by atoms with E-state index in [-0.39, 0.29) is 0 Å². The first-order chi connectivity index (χ1) is 8.24. The number of guanidine groups is 1. The zero-order chi connectivity index (χ0) is 11.8. The molecule has 3 fully saturated rings. The van der Waals surface area contributed by atoms with E-state index < -0.39 is 0 Å². The first-order valence-corrected chi connectivity index (χ1v) is 7.27. The zero-order valence-corrected chi connectivity index (χ0v) is 10.9. The Balaban J connectivity index is 1.43. The minimum atomic E-state index is 0.682. The van der Waals surface area contributed by atoms with Crippen molar-refractivity contribution < 1.29 is 0 Å². The summed E-state index contributed by atoms with van der Waals surface area (Å²) >= 11 is 0. The number of fused-ring (bicyclic) bond motifs is 2. The second-order valence-corrected chi connectivity index (χ2v) is 6.31. The summed E-state index contributed by atoms with van der Waals surface area (Å²) in [6.07, 6.45) is 9.80. The van der Waals surface area contributed by atoms with Crippen LogP contribution in [0.5, 0.6) is 0 Å². The zero-order valence-electron chi connectivity index (χ0n) is 10.9. The maximum absolute atomic E-state index is 5.99. The lowest BCUT2D eigenvalue weighted by Crippen LogP contribution is -2.35. The van der Waals surface area contributed by atoms with E-state index in [1.807, 2.05) is 0 Å². The maximum Gasteiger partial charge on any atom is 0.191 e. The van der Waals surface area contributed by atoms with Crippen LogP contribution in [0.4, 0.5) is 0 Å². The van der Waals surface area contributed by atoms with E-state index in [2.05, 4.69) is 16.9 Å². The molecule has 0 saturated heterocycles. The third-order valence-electron chi connectivity index (χ3n) is 5.11. The van der Waals surface area contributed by atoms with Crippen molar-refractivity contribution in [3.63, 3.8) is 0 Å². The summed E-state index contributed by atoms with van der Waals surface area (Å²) in [6.45, 7) is 0.941. The van der Waals surface area contributed by atoms with Crippen LogP contribution in [-0.4, -0.2) is 30.5 Å². The minimum Gasteiger partial charge on any atom is -0.370 e. The Morgan fingerprint density at radius 1 is 1.24 bits per heavy atom. The van der Waals surface area contributed by atoms with Crippen molar-refractivity contribution in [2.75, 3.05) is 13.6 Å². The van der Waals surface area contributed by atoms with Crippen molar-refractivity contribution >= 4 is 5.96 Å². The summed E-state index contributed by atoms with van der Waals surface area (Å²) in [4.78, 5) is 6.71. The molecular formula is C14H25N3. The Labute approximate surface area is 104 Å². The molecule has 17 heavy (non-hydrogen) atoms. The molecule has 3 rings (SSSR count). The average Bonchev–Trinajstić information content (AvgIpc) is 2.98. The SMILES string of the molecule is CN(C(N)=NCCC1CC2CCC1C2)C1CC1. The molecule has 3 saturated carbocycles. The van der Waals surface area contributed by atoms with Crippen LogP contribution in [0.25, 0.3) is 0 Å². The van der Waals surface area contributed by atoms with Gasteiger partial charge in [0.1, 0.15) is 0 Å². The number of hydrogen-bond acceptors (Lipinski definition) is 1. The Morgan fingerprint density at radius 2 is 2.06 bits per heavy atom. The number of rotatable bonds is 4. The van der Waals surface area contributed by atoms with E-state index in [0.717, 1.165) is 30.3 Å². The molecule has 96 valence electrons. The molecule has 0 aliphatic heterocycles. The van der Waals surface area contributed by atoms with Gasteiger partial charge in [-0.05, 0) is 56.3 Å². The molecule has 3 aliphatic carbocycles. The molecule has 0 heterocycles. The van der Waals surface area contributed by atoms with Crippen molar-refractivity contribution in [1.29, 1.82) is 0 Å². The molecule has 0 radical (unpaired) electrons. The lowest BCUT2D eigenvalue weighted by Gasteiger charge is -2.21. The van der Waals surface area contributed by atoms with Crippen LogP contribution in [0.3, 0.4) is 0 Å². The largest absolute Gasteiger partial charge is 0.370 e. The molecule has 3 heteroatoms. The number of hydrogen-bond donors (Lipinski definition) is 1. The van der Waals surface area contributed by atoms with Crippen LogP contribution in [0.2, 0.25) is 0 Å². The Morgan fingerprint density at radius 3 is 2.65 bits per heavy atom. The second kappa shape index (κ2) is 4.51. The predicted molar refractivity (Wildman–Crippen MR) is 70.8 cm³/mol. The molecule has 3 nitrogen and oxygen atoms in total. The maximum atomic E-state index is 5.99. The van der Waals surface area contributed by atoms with E-state index in [9.17, 15) is 0 Å². The van der Waals surface area contributed by atoms with E-state index in [1.54, 1.807) is 0 Å². The summed E-state index contributed by atoms with van der Waals surface area (Å²) < 4.78 is 0. The van der Waals surface area contributed by atoms with Crippen LogP contribution in [-0.2, 0) is 0 Å². The van der Waals surface area contributed by atoms with Gasteiger partial charge in [-0.1, -0.05) is 6.42 Å². The highest BCUT2D eigenvalue weighted by Crippen LogP contribution is 2.49. The lowest BCUT2D eigenvalue weighted by atomic mass is 9.86. The molecule has 0 aromatic heterocycles. The molecule has 3 atom stereocenters. The Bertz CT molecular complexity index is 309. The molecule has 0 spiro atoms. The fourth-order valence-corrected chi connectivity index (χ4v) is 3.84. The van der Waals surface area contributed by atoms with Gasteiger partial charge in [-0.15, -0.1) is 0 Å². The smallest absolute Gasteiger partial charge is 0.191 e. The second-order valence-electron chi connectivity index (χ2n) is 6.31. The molecular weight excluding hydrogens is 210 g/mol. The third-order valence-corrected chi connectivity index (χ3v) is 5.11. The summed E-state index contributed by atoms with van der Waals surface area (Å²) in [5.41, 5.74) is 5.99. The first-order valence-electron chi connectivity index (χ1n) is 7.27. The third kappa shape index (κ3) is 2.43. The van der Waals surface area contributed by atoms with Gasteiger partial charge in [0.15, 0.2) is 5.96 Å². The van der Waals surface area contributed by atoms with Gasteiger partial charge in [-0.3, -0.25) is 4.99 Å². The first kappa shape index (κ1) is 11.4. The minimum absolute atomic E-state index is 0.682. The van der Waals surface area contributed by atoms with Crippen LogP contribution in [0.1, 0.15) is 44.9 Å². The van der Waals surface area contributed by atoms with Crippen LogP contribution in [0, 0.1) is 17.8 Å². The summed E-state index contributed by atoms with van der Waals surface area (Å²) in [5.74, 6) is 3.80. The van der Waals surface area contributed by atoms with Crippen molar-refractivity contribution in [1.82, 2.24) is 4.90 Å². The summed E-state index contributed by atoms with van der Waals surface area (Å²) in [6, 6.07) is 0.682. The van der Waals surface area contributed by atoms with Crippen molar-refractivity contribution in [3.05, 3.63) is 0 Å². The number of nitrogens with zero attached hydrogens (tertiary/aromatic N) is 2. The van der Waals surface area contributed by atoms with E-state index >= 15 is 0 Å². The van der Waals surface area contributed by atoms with Crippen LogP contribution >= 0.6 is 0 Å². The predicted octanol–water partition coefficient (Wildman–Crippen LogP) is 2.22. The quantitative estimate of drug-likeness (QED) is 0.599. The lowest BCUT2D eigenvalue weighted by molar-refractivity contribution is 0.318. The number of nitrogens with two attached hydrogens (primary N) is 1. The van der Waals surface area contributed by atoms with Gasteiger partial charge >= 0.3 is 0 Å². The van der Waals surface area contributed by atoms with E-state index in [4.69, 9.17) is 5.73 Å². The van der Waals surface area contributed by atoms with Gasteiger partial charge in [0.25, 0.3) is 0 Å². The highest BCUT2D eigenvalue weighted by Gasteiger charge is 2.38. The van der Waals surface area contributed by atoms with Crippen molar-refractivity contribution in [3.8, 4) is 0 Å². The van der Waals surface area contributed by atoms with Gasteiger partial charge in [0.05, 0.1) is 0 Å². The summed E-state index contributed by atoms with van der Waals surface area (Å²) in [5, 5.41) is 0. The van der Waals surface area contributed by atoms with Crippen LogP contribution < -0.4 is 5.73 Å². The fraction of sp³-hybridized carbons (Fsp3) is 0.929. The van der Waals surface area contributed by atoms with Gasteiger partial charge in [-0.25, -0.2) is 0 Å². The fourth-order valence-electron chi connectivity index (χ4n) is 3.84. The highest BCUT2D eigenvalue weighted by atomic mass is 15.3. The van der Waals surface area contributed by atoms with Crippen molar-refractivity contribution in [2.45, 2.75) is 51.0 Å². The van der Waals surface area contributed by atoms with Gasteiger partial charge < -0.3 is 10.6 Å². The molecule has 0 aromatic carbocycles. The topological polar surface area (TPSA) is 41.6 Å². The van der Waals surface area contributed by atoms with E-state index in [0.29, 0.717) is 6.04 Å².